The summed E-state index contributed by atoms with van der Waals surface area (Å²) in [5.41, 5.74) is 1.87. The Morgan fingerprint density at radius 2 is 2.00 bits per heavy atom. The van der Waals surface area contributed by atoms with Crippen LogP contribution in [0.3, 0.4) is 0 Å². The van der Waals surface area contributed by atoms with Crippen LogP contribution in [0.4, 0.5) is 16.2 Å². The summed E-state index contributed by atoms with van der Waals surface area (Å²) in [5.74, 6) is 0. The molecule has 0 aliphatic carbocycles. The largest absolute Gasteiger partial charge is 0.395 e. The molecule has 0 aromatic heterocycles. The van der Waals surface area contributed by atoms with Crippen LogP contribution < -0.4 is 15.5 Å². The van der Waals surface area contributed by atoms with Crippen molar-refractivity contribution in [2.24, 2.45) is 0 Å². The Morgan fingerprint density at radius 3 is 2.58 bits per heavy atom. The predicted octanol–water partition coefficient (Wildman–Crippen LogP) is 2.04. The monoisotopic (exact) mass is 265 g/mol. The third-order valence-corrected chi connectivity index (χ3v) is 2.81. The zero-order chi connectivity index (χ0) is 14.1. The summed E-state index contributed by atoms with van der Waals surface area (Å²) in [6.07, 6.45) is 2.34. The van der Waals surface area contributed by atoms with E-state index in [2.05, 4.69) is 29.5 Å². The van der Waals surface area contributed by atoms with Gasteiger partial charge in [-0.1, -0.05) is 13.3 Å². The van der Waals surface area contributed by atoms with Crippen molar-refractivity contribution in [2.75, 3.05) is 37.0 Å². The third-order valence-electron chi connectivity index (χ3n) is 2.81. The van der Waals surface area contributed by atoms with Crippen LogP contribution in [-0.4, -0.2) is 37.9 Å². The number of unbranched alkanes of at least 4 members (excludes halogenated alkanes) is 1. The van der Waals surface area contributed by atoms with Gasteiger partial charge in [-0.25, -0.2) is 4.79 Å². The number of benzene rings is 1. The summed E-state index contributed by atoms with van der Waals surface area (Å²) in [6.45, 7) is 3.39. The predicted molar refractivity (Wildman–Crippen MR) is 78.7 cm³/mol. The van der Waals surface area contributed by atoms with E-state index in [1.54, 1.807) is 0 Å². The molecule has 0 aliphatic rings. The molecule has 0 radical (unpaired) electrons. The van der Waals surface area contributed by atoms with E-state index in [1.165, 1.54) is 12.8 Å². The van der Waals surface area contributed by atoms with E-state index in [0.717, 1.165) is 17.9 Å². The molecule has 0 heterocycles. The van der Waals surface area contributed by atoms with E-state index in [4.69, 9.17) is 5.11 Å². The third kappa shape index (κ3) is 5.61. The summed E-state index contributed by atoms with van der Waals surface area (Å²) < 4.78 is 0. The molecule has 0 saturated heterocycles. The van der Waals surface area contributed by atoms with E-state index < -0.39 is 0 Å². The second-order valence-electron chi connectivity index (χ2n) is 4.43. The minimum absolute atomic E-state index is 0.0609. The molecule has 0 aliphatic heterocycles. The van der Waals surface area contributed by atoms with Crippen molar-refractivity contribution in [3.8, 4) is 0 Å². The van der Waals surface area contributed by atoms with Gasteiger partial charge in [-0.15, -0.1) is 0 Å². The van der Waals surface area contributed by atoms with Crippen LogP contribution in [-0.2, 0) is 0 Å². The summed E-state index contributed by atoms with van der Waals surface area (Å²) in [5, 5.41) is 13.8. The van der Waals surface area contributed by atoms with E-state index in [-0.39, 0.29) is 19.2 Å². The van der Waals surface area contributed by atoms with Crippen molar-refractivity contribution in [2.45, 2.75) is 19.8 Å². The molecular weight excluding hydrogens is 242 g/mol. The lowest BCUT2D eigenvalue weighted by molar-refractivity contribution is 0.245. The SMILES string of the molecule is CCCCN(C)c1ccc(NC(=O)NCCO)cc1. The van der Waals surface area contributed by atoms with E-state index in [9.17, 15) is 4.79 Å². The van der Waals surface area contributed by atoms with Crippen LogP contribution in [0, 0.1) is 0 Å². The maximum absolute atomic E-state index is 11.4. The topological polar surface area (TPSA) is 64.6 Å². The molecule has 0 atom stereocenters. The van der Waals surface area contributed by atoms with Gasteiger partial charge in [0.15, 0.2) is 0 Å². The molecule has 106 valence electrons. The second kappa shape index (κ2) is 8.37. The Kier molecular flexibility index (Phi) is 6.74. The molecule has 5 nitrogen and oxygen atoms in total. The number of carbonyl (C=O) groups excluding carboxylic acids is 1. The molecule has 5 heteroatoms. The number of carbonyl (C=O) groups is 1. The number of urea groups is 1. The normalized spacial score (nSPS) is 10.1. The fourth-order valence-corrected chi connectivity index (χ4v) is 1.67. The minimum atomic E-state index is -0.305. The zero-order valence-corrected chi connectivity index (χ0v) is 11.6. The minimum Gasteiger partial charge on any atom is -0.395 e. The molecule has 1 aromatic rings. The number of amides is 2. The number of aliphatic hydroxyl groups excluding tert-OH is 1. The lowest BCUT2D eigenvalue weighted by Crippen LogP contribution is -2.30. The molecular formula is C14H23N3O2. The van der Waals surface area contributed by atoms with Crippen molar-refractivity contribution in [3.05, 3.63) is 24.3 Å². The molecule has 0 saturated carbocycles. The lowest BCUT2D eigenvalue weighted by atomic mass is 10.2. The number of hydrogen-bond acceptors (Lipinski definition) is 3. The van der Waals surface area contributed by atoms with Gasteiger partial charge in [0.2, 0.25) is 0 Å². The first-order chi connectivity index (χ1) is 9.17. The first kappa shape index (κ1) is 15.3. The van der Waals surface area contributed by atoms with Crippen LogP contribution in [0.5, 0.6) is 0 Å². The molecule has 19 heavy (non-hydrogen) atoms. The first-order valence-corrected chi connectivity index (χ1v) is 6.64. The Labute approximate surface area is 114 Å². The van der Waals surface area contributed by atoms with Gasteiger partial charge in [0.1, 0.15) is 0 Å². The Balaban J connectivity index is 2.49. The molecule has 1 aromatic carbocycles. The lowest BCUT2D eigenvalue weighted by Gasteiger charge is -2.19. The van der Waals surface area contributed by atoms with Crippen LogP contribution in [0.1, 0.15) is 19.8 Å². The van der Waals surface area contributed by atoms with Crippen LogP contribution in [0.15, 0.2) is 24.3 Å². The highest BCUT2D eigenvalue weighted by atomic mass is 16.3. The molecule has 0 bridgehead atoms. The maximum atomic E-state index is 11.4. The Bertz CT molecular complexity index is 379. The molecule has 1 rings (SSSR count). The Hall–Kier alpha value is -1.75. The molecule has 0 fully saturated rings. The second-order valence-corrected chi connectivity index (χ2v) is 4.43. The van der Waals surface area contributed by atoms with Crippen molar-refractivity contribution < 1.29 is 9.90 Å². The van der Waals surface area contributed by atoms with Gasteiger partial charge in [-0.05, 0) is 30.7 Å². The molecule has 2 amide bonds. The first-order valence-electron chi connectivity index (χ1n) is 6.64. The van der Waals surface area contributed by atoms with Crippen molar-refractivity contribution >= 4 is 17.4 Å². The van der Waals surface area contributed by atoms with Gasteiger partial charge >= 0.3 is 6.03 Å². The van der Waals surface area contributed by atoms with Crippen molar-refractivity contribution in [3.63, 3.8) is 0 Å². The van der Waals surface area contributed by atoms with Gasteiger partial charge in [0, 0.05) is 31.5 Å². The maximum Gasteiger partial charge on any atom is 0.319 e. The Morgan fingerprint density at radius 1 is 1.32 bits per heavy atom. The standard InChI is InChI=1S/C14H23N3O2/c1-3-4-10-17(2)13-7-5-12(6-8-13)16-14(19)15-9-11-18/h5-8,18H,3-4,9-11H2,1-2H3,(H2,15,16,19). The van der Waals surface area contributed by atoms with Gasteiger partial charge in [-0.2, -0.15) is 0 Å². The summed E-state index contributed by atoms with van der Waals surface area (Å²) in [4.78, 5) is 13.6. The van der Waals surface area contributed by atoms with Crippen LogP contribution >= 0.6 is 0 Å². The molecule has 0 unspecified atom stereocenters. The number of hydrogen-bond donors (Lipinski definition) is 3. The zero-order valence-electron chi connectivity index (χ0n) is 11.6. The smallest absolute Gasteiger partial charge is 0.319 e. The number of rotatable bonds is 7. The van der Waals surface area contributed by atoms with Gasteiger partial charge in [0.05, 0.1) is 6.61 Å². The molecule has 0 spiro atoms. The fourth-order valence-electron chi connectivity index (χ4n) is 1.67. The van der Waals surface area contributed by atoms with E-state index in [0.29, 0.717) is 0 Å². The quantitative estimate of drug-likeness (QED) is 0.707. The van der Waals surface area contributed by atoms with Gasteiger partial charge in [-0.3, -0.25) is 0 Å². The highest BCUT2D eigenvalue weighted by Crippen LogP contribution is 2.17. The highest BCUT2D eigenvalue weighted by molar-refractivity contribution is 5.89. The highest BCUT2D eigenvalue weighted by Gasteiger charge is 2.02. The number of nitrogens with zero attached hydrogens (tertiary/aromatic N) is 1. The molecule has 3 N–H and O–H groups in total. The number of aliphatic hydroxyl groups is 1. The summed E-state index contributed by atoms with van der Waals surface area (Å²) in [7, 11) is 2.06. The van der Waals surface area contributed by atoms with Gasteiger partial charge < -0.3 is 20.6 Å². The van der Waals surface area contributed by atoms with Crippen LogP contribution in [0.25, 0.3) is 0 Å². The average molecular weight is 265 g/mol. The summed E-state index contributed by atoms with van der Waals surface area (Å²) in [6, 6.07) is 7.41. The number of anilines is 2. The van der Waals surface area contributed by atoms with E-state index >= 15 is 0 Å². The summed E-state index contributed by atoms with van der Waals surface area (Å²) >= 11 is 0. The fraction of sp³-hybridized carbons (Fsp3) is 0.500. The number of nitrogens with one attached hydrogen (secondary N) is 2. The van der Waals surface area contributed by atoms with E-state index in [1.807, 2.05) is 24.3 Å². The van der Waals surface area contributed by atoms with Crippen molar-refractivity contribution in [1.29, 1.82) is 0 Å². The van der Waals surface area contributed by atoms with Crippen molar-refractivity contribution in [1.82, 2.24) is 5.32 Å². The average Bonchev–Trinajstić information content (AvgIpc) is 2.43. The van der Waals surface area contributed by atoms with Gasteiger partial charge in [0.25, 0.3) is 0 Å². The van der Waals surface area contributed by atoms with Crippen LogP contribution in [0.2, 0.25) is 0 Å².